The Balaban J connectivity index is 2.98. The van der Waals surface area contributed by atoms with E-state index in [2.05, 4.69) is 5.16 Å². The van der Waals surface area contributed by atoms with Crippen molar-refractivity contribution in [3.63, 3.8) is 0 Å². The van der Waals surface area contributed by atoms with E-state index in [1.165, 1.54) is 25.1 Å². The van der Waals surface area contributed by atoms with Crippen LogP contribution in [0.2, 0.25) is 0 Å². The fraction of sp³-hybridized carbons (Fsp3) is 0.364. The Bertz CT molecular complexity index is 391. The summed E-state index contributed by atoms with van der Waals surface area (Å²) >= 11 is 0. The largest absolute Gasteiger partial charge is 0.490 e. The Labute approximate surface area is 93.0 Å². The minimum Gasteiger partial charge on any atom is -0.490 e. The molecule has 1 aromatic carbocycles. The van der Waals surface area contributed by atoms with Crippen molar-refractivity contribution in [2.24, 2.45) is 5.16 Å². The fourth-order valence-corrected chi connectivity index (χ4v) is 1.18. The van der Waals surface area contributed by atoms with Gasteiger partial charge in [-0.15, -0.1) is 0 Å². The maximum atomic E-state index is 13.0. The van der Waals surface area contributed by atoms with Crippen LogP contribution in [0, 0.1) is 5.82 Å². The first-order valence-electron chi connectivity index (χ1n) is 4.84. The third-order valence-corrected chi connectivity index (χ3v) is 1.96. The minimum atomic E-state index is -0.621. The van der Waals surface area contributed by atoms with E-state index in [-0.39, 0.29) is 12.3 Å². The molecule has 0 fully saturated rings. The third kappa shape index (κ3) is 3.20. The van der Waals surface area contributed by atoms with Crippen molar-refractivity contribution in [1.82, 2.24) is 0 Å². The molecule has 4 nitrogen and oxygen atoms in total. The zero-order chi connectivity index (χ0) is 12.1. The summed E-state index contributed by atoms with van der Waals surface area (Å²) in [5.41, 5.74) is 0.614. The molecule has 88 valence electrons. The summed E-state index contributed by atoms with van der Waals surface area (Å²) in [6, 6.07) is 3.89. The molecule has 0 amide bonds. The average molecular weight is 227 g/mol. The van der Waals surface area contributed by atoms with Crippen LogP contribution in [0.15, 0.2) is 23.4 Å². The zero-order valence-corrected chi connectivity index (χ0v) is 9.14. The van der Waals surface area contributed by atoms with Crippen LogP contribution in [0.5, 0.6) is 5.75 Å². The van der Waals surface area contributed by atoms with Crippen molar-refractivity contribution in [2.45, 2.75) is 20.0 Å². The molecular weight excluding hydrogens is 213 g/mol. The molecule has 0 spiro atoms. The average Bonchev–Trinajstić information content (AvgIpc) is 2.26. The molecule has 5 heteroatoms. The molecule has 0 radical (unpaired) electrons. The van der Waals surface area contributed by atoms with Crippen LogP contribution in [-0.2, 0) is 0 Å². The van der Waals surface area contributed by atoms with Gasteiger partial charge in [0.2, 0.25) is 0 Å². The molecule has 0 heterocycles. The normalized spacial score (nSPS) is 13.6. The van der Waals surface area contributed by atoms with E-state index in [0.29, 0.717) is 11.3 Å². The molecule has 2 N–H and O–H groups in total. The molecule has 1 atom stereocenters. The highest BCUT2D eigenvalue weighted by Crippen LogP contribution is 2.20. The summed E-state index contributed by atoms with van der Waals surface area (Å²) in [4.78, 5) is 0. The predicted molar refractivity (Wildman–Crippen MR) is 57.6 cm³/mol. The molecule has 0 aliphatic carbocycles. The van der Waals surface area contributed by atoms with Gasteiger partial charge in [0.05, 0.1) is 11.8 Å². The van der Waals surface area contributed by atoms with Crippen molar-refractivity contribution in [1.29, 1.82) is 0 Å². The Morgan fingerprint density at radius 1 is 1.56 bits per heavy atom. The van der Waals surface area contributed by atoms with Crippen LogP contribution in [0.3, 0.4) is 0 Å². The van der Waals surface area contributed by atoms with Crippen LogP contribution < -0.4 is 4.74 Å². The van der Waals surface area contributed by atoms with Gasteiger partial charge < -0.3 is 15.1 Å². The van der Waals surface area contributed by atoms with Gasteiger partial charge in [0.25, 0.3) is 0 Å². The summed E-state index contributed by atoms with van der Waals surface area (Å²) in [5, 5.41) is 20.7. The summed E-state index contributed by atoms with van der Waals surface area (Å²) in [6.45, 7) is 3.21. The summed E-state index contributed by atoms with van der Waals surface area (Å²) in [5.74, 6) is -0.0694. The van der Waals surface area contributed by atoms with Crippen LogP contribution in [-0.4, -0.2) is 28.7 Å². The zero-order valence-electron chi connectivity index (χ0n) is 9.14. The Hall–Kier alpha value is -1.62. The van der Waals surface area contributed by atoms with Gasteiger partial charge >= 0.3 is 0 Å². The number of hydrogen-bond donors (Lipinski definition) is 2. The second-order valence-electron chi connectivity index (χ2n) is 3.49. The first-order chi connectivity index (χ1) is 7.54. The molecule has 0 saturated heterocycles. The van der Waals surface area contributed by atoms with E-state index < -0.39 is 11.9 Å². The van der Waals surface area contributed by atoms with Crippen molar-refractivity contribution >= 4 is 5.71 Å². The molecular formula is C11H14FNO3. The highest BCUT2D eigenvalue weighted by molar-refractivity contribution is 6.00. The molecule has 0 bridgehead atoms. The Kier molecular flexibility index (Phi) is 4.25. The maximum Gasteiger partial charge on any atom is 0.128 e. The highest BCUT2D eigenvalue weighted by Gasteiger charge is 2.09. The molecule has 1 rings (SSSR count). The van der Waals surface area contributed by atoms with E-state index in [1.807, 2.05) is 0 Å². The smallest absolute Gasteiger partial charge is 0.128 e. The standard InChI is InChI=1S/C11H14FNO3/c1-7(14)6-16-11-4-3-9(12)5-10(11)8(2)13-15/h3-5,7,14-15H,6H2,1-2H3. The number of aliphatic hydroxyl groups excluding tert-OH is 1. The van der Waals surface area contributed by atoms with Crippen LogP contribution in [0.1, 0.15) is 19.4 Å². The monoisotopic (exact) mass is 227 g/mol. The third-order valence-electron chi connectivity index (χ3n) is 1.96. The second kappa shape index (κ2) is 5.46. The number of oxime groups is 1. The minimum absolute atomic E-state index is 0.0946. The Morgan fingerprint density at radius 2 is 2.25 bits per heavy atom. The van der Waals surface area contributed by atoms with Crippen molar-refractivity contribution in [2.75, 3.05) is 6.61 Å². The van der Waals surface area contributed by atoms with Gasteiger partial charge in [-0.25, -0.2) is 4.39 Å². The molecule has 0 aliphatic rings. The number of ether oxygens (including phenoxy) is 1. The molecule has 16 heavy (non-hydrogen) atoms. The number of halogens is 1. The van der Waals surface area contributed by atoms with Crippen molar-refractivity contribution in [3.05, 3.63) is 29.6 Å². The van der Waals surface area contributed by atoms with Crippen molar-refractivity contribution < 1.29 is 19.4 Å². The molecule has 0 aliphatic heterocycles. The second-order valence-corrected chi connectivity index (χ2v) is 3.49. The van der Waals surface area contributed by atoms with Gasteiger partial charge in [0.1, 0.15) is 18.2 Å². The van der Waals surface area contributed by atoms with Gasteiger partial charge in [-0.1, -0.05) is 5.16 Å². The number of nitrogens with zero attached hydrogens (tertiary/aromatic N) is 1. The van der Waals surface area contributed by atoms with Gasteiger partial charge in [-0.05, 0) is 32.0 Å². The SMILES string of the molecule is CC(=NO)c1cc(F)ccc1OCC(C)O. The van der Waals surface area contributed by atoms with Gasteiger partial charge in [0, 0.05) is 5.56 Å². The fourth-order valence-electron chi connectivity index (χ4n) is 1.18. The lowest BCUT2D eigenvalue weighted by molar-refractivity contribution is 0.122. The number of benzene rings is 1. The molecule has 0 aromatic heterocycles. The van der Waals surface area contributed by atoms with Crippen LogP contribution in [0.4, 0.5) is 4.39 Å². The first kappa shape index (κ1) is 12.4. The number of hydrogen-bond acceptors (Lipinski definition) is 4. The number of rotatable bonds is 4. The Morgan fingerprint density at radius 3 is 2.81 bits per heavy atom. The predicted octanol–water partition coefficient (Wildman–Crippen LogP) is 1.78. The van der Waals surface area contributed by atoms with E-state index >= 15 is 0 Å². The van der Waals surface area contributed by atoms with E-state index in [9.17, 15) is 4.39 Å². The maximum absolute atomic E-state index is 13.0. The summed E-state index contributed by atoms with van der Waals surface area (Å²) in [7, 11) is 0. The van der Waals surface area contributed by atoms with E-state index in [0.717, 1.165) is 0 Å². The lowest BCUT2D eigenvalue weighted by Crippen LogP contribution is -2.14. The van der Waals surface area contributed by atoms with E-state index in [1.54, 1.807) is 6.92 Å². The quantitative estimate of drug-likeness (QED) is 0.468. The van der Waals surface area contributed by atoms with Crippen molar-refractivity contribution in [3.8, 4) is 5.75 Å². The van der Waals surface area contributed by atoms with Gasteiger partial charge in [-0.3, -0.25) is 0 Å². The lowest BCUT2D eigenvalue weighted by Gasteiger charge is -2.12. The van der Waals surface area contributed by atoms with Crippen LogP contribution in [0.25, 0.3) is 0 Å². The van der Waals surface area contributed by atoms with Gasteiger partial charge in [-0.2, -0.15) is 0 Å². The molecule has 0 saturated carbocycles. The highest BCUT2D eigenvalue weighted by atomic mass is 19.1. The lowest BCUT2D eigenvalue weighted by atomic mass is 10.1. The van der Waals surface area contributed by atoms with E-state index in [4.69, 9.17) is 15.1 Å². The molecule has 1 unspecified atom stereocenters. The summed E-state index contributed by atoms with van der Waals surface area (Å²) in [6.07, 6.45) is -0.621. The topological polar surface area (TPSA) is 62.1 Å². The summed E-state index contributed by atoms with van der Waals surface area (Å²) < 4.78 is 18.3. The van der Waals surface area contributed by atoms with Crippen LogP contribution >= 0.6 is 0 Å². The first-order valence-corrected chi connectivity index (χ1v) is 4.84. The molecule has 1 aromatic rings. The van der Waals surface area contributed by atoms with Gasteiger partial charge in [0.15, 0.2) is 0 Å². The number of aliphatic hydroxyl groups is 1.